The minimum Gasteiger partial charge on any atom is -0.462 e. The molecule has 0 aromatic rings. The molecule has 6 nitrogen and oxygen atoms in total. The molecule has 0 N–H and O–H groups in total. The highest BCUT2D eigenvalue weighted by atomic mass is 16.6. The van der Waals surface area contributed by atoms with Gasteiger partial charge in [0.2, 0.25) is 0 Å². The summed E-state index contributed by atoms with van der Waals surface area (Å²) in [4.78, 5) is 37.8. The number of carbonyl (C=O) groups is 3. The zero-order valence-electron chi connectivity index (χ0n) is 43.9. The largest absolute Gasteiger partial charge is 0.462 e. The lowest BCUT2D eigenvalue weighted by atomic mass is 10.1. The molecule has 0 saturated heterocycles. The first-order valence-electron chi connectivity index (χ1n) is 28.1. The summed E-state index contributed by atoms with van der Waals surface area (Å²) in [5.74, 6) is -0.905. The number of unbranched alkanes of at least 4 members (excludes halogenated alkanes) is 25. The summed E-state index contributed by atoms with van der Waals surface area (Å²) in [5, 5.41) is 0. The molecular weight excluding hydrogens is 829 g/mol. The molecular formula is C61H104O6. The van der Waals surface area contributed by atoms with E-state index in [0.29, 0.717) is 19.3 Å². The SMILES string of the molecule is CC/C=C\C/C=C\C/C=C\C/C=C\C/C=C\C/C=C\CCCCCCCCCCC(=O)OCC(COC(=O)CCCCCCC)OC(=O)CCCCCCCCC/C=C\CCCCCCCC. The van der Waals surface area contributed by atoms with Gasteiger partial charge in [0, 0.05) is 19.3 Å². The fourth-order valence-corrected chi connectivity index (χ4v) is 7.68. The molecule has 384 valence electrons. The molecule has 0 aliphatic carbocycles. The van der Waals surface area contributed by atoms with Crippen LogP contribution in [0, 0.1) is 0 Å². The molecule has 0 aliphatic heterocycles. The molecule has 0 fully saturated rings. The van der Waals surface area contributed by atoms with Gasteiger partial charge in [-0.05, 0) is 96.3 Å². The monoisotopic (exact) mass is 933 g/mol. The molecule has 1 atom stereocenters. The molecule has 0 aliphatic rings. The van der Waals surface area contributed by atoms with E-state index in [9.17, 15) is 14.4 Å². The number of hydrogen-bond acceptors (Lipinski definition) is 6. The Labute approximate surface area is 414 Å². The van der Waals surface area contributed by atoms with Crippen molar-refractivity contribution in [1.82, 2.24) is 0 Å². The van der Waals surface area contributed by atoms with Crippen LogP contribution in [0.2, 0.25) is 0 Å². The smallest absolute Gasteiger partial charge is 0.306 e. The summed E-state index contributed by atoms with van der Waals surface area (Å²) in [6, 6.07) is 0. The third-order valence-electron chi connectivity index (χ3n) is 11.9. The van der Waals surface area contributed by atoms with Crippen molar-refractivity contribution in [3.05, 3.63) is 85.1 Å². The molecule has 0 heterocycles. The molecule has 0 rings (SSSR count). The fraction of sp³-hybridized carbons (Fsp3) is 0.721. The Hall–Kier alpha value is -3.41. The molecule has 6 heteroatoms. The van der Waals surface area contributed by atoms with Crippen molar-refractivity contribution < 1.29 is 28.6 Å². The van der Waals surface area contributed by atoms with E-state index in [1.54, 1.807) is 0 Å². The van der Waals surface area contributed by atoms with Crippen LogP contribution in [0.25, 0.3) is 0 Å². The van der Waals surface area contributed by atoms with Crippen molar-refractivity contribution in [3.63, 3.8) is 0 Å². The van der Waals surface area contributed by atoms with Crippen LogP contribution in [0.4, 0.5) is 0 Å². The van der Waals surface area contributed by atoms with Gasteiger partial charge in [-0.1, -0.05) is 234 Å². The topological polar surface area (TPSA) is 78.9 Å². The van der Waals surface area contributed by atoms with Crippen LogP contribution in [0.1, 0.15) is 265 Å². The van der Waals surface area contributed by atoms with Crippen molar-refractivity contribution in [2.45, 2.75) is 271 Å². The van der Waals surface area contributed by atoms with Gasteiger partial charge in [-0.25, -0.2) is 0 Å². The number of rotatable bonds is 50. The number of allylic oxidation sites excluding steroid dienone is 14. The molecule has 0 bridgehead atoms. The van der Waals surface area contributed by atoms with Crippen molar-refractivity contribution in [3.8, 4) is 0 Å². The lowest BCUT2D eigenvalue weighted by molar-refractivity contribution is -0.167. The Kier molecular flexibility index (Phi) is 52.4. The fourth-order valence-electron chi connectivity index (χ4n) is 7.68. The second-order valence-electron chi connectivity index (χ2n) is 18.5. The van der Waals surface area contributed by atoms with Crippen LogP contribution in [0.15, 0.2) is 85.1 Å². The van der Waals surface area contributed by atoms with Crippen molar-refractivity contribution in [2.24, 2.45) is 0 Å². The van der Waals surface area contributed by atoms with Crippen molar-refractivity contribution in [1.29, 1.82) is 0 Å². The summed E-state index contributed by atoms with van der Waals surface area (Å²) >= 11 is 0. The Balaban J connectivity index is 4.12. The van der Waals surface area contributed by atoms with E-state index >= 15 is 0 Å². The van der Waals surface area contributed by atoms with Crippen LogP contribution in [-0.4, -0.2) is 37.2 Å². The Bertz CT molecular complexity index is 1300. The van der Waals surface area contributed by atoms with Gasteiger partial charge >= 0.3 is 17.9 Å². The zero-order chi connectivity index (χ0) is 48.6. The van der Waals surface area contributed by atoms with Crippen LogP contribution in [0.3, 0.4) is 0 Å². The minimum absolute atomic E-state index is 0.0809. The highest BCUT2D eigenvalue weighted by Crippen LogP contribution is 2.15. The summed E-state index contributed by atoms with van der Waals surface area (Å²) in [6.45, 7) is 6.43. The van der Waals surface area contributed by atoms with Gasteiger partial charge in [0.1, 0.15) is 13.2 Å². The zero-order valence-corrected chi connectivity index (χ0v) is 43.9. The number of hydrogen-bond donors (Lipinski definition) is 0. The van der Waals surface area contributed by atoms with E-state index in [2.05, 4.69) is 106 Å². The average Bonchev–Trinajstić information content (AvgIpc) is 3.33. The maximum absolute atomic E-state index is 12.8. The molecule has 1 unspecified atom stereocenters. The van der Waals surface area contributed by atoms with Crippen LogP contribution < -0.4 is 0 Å². The third kappa shape index (κ3) is 53.4. The van der Waals surface area contributed by atoms with Gasteiger partial charge in [0.25, 0.3) is 0 Å². The third-order valence-corrected chi connectivity index (χ3v) is 11.9. The second kappa shape index (κ2) is 55.2. The first-order valence-corrected chi connectivity index (χ1v) is 28.1. The average molecular weight is 933 g/mol. The van der Waals surface area contributed by atoms with E-state index in [1.807, 2.05) is 0 Å². The lowest BCUT2D eigenvalue weighted by Gasteiger charge is -2.18. The van der Waals surface area contributed by atoms with E-state index in [0.717, 1.165) is 109 Å². The predicted molar refractivity (Wildman–Crippen MR) is 288 cm³/mol. The molecule has 0 amide bonds. The van der Waals surface area contributed by atoms with Crippen molar-refractivity contribution >= 4 is 17.9 Å². The molecule has 0 radical (unpaired) electrons. The number of carbonyl (C=O) groups excluding carboxylic acids is 3. The second-order valence-corrected chi connectivity index (χ2v) is 18.5. The summed E-state index contributed by atoms with van der Waals surface area (Å²) in [5.41, 5.74) is 0. The lowest BCUT2D eigenvalue weighted by Crippen LogP contribution is -2.30. The van der Waals surface area contributed by atoms with Gasteiger partial charge in [-0.15, -0.1) is 0 Å². The van der Waals surface area contributed by atoms with Gasteiger partial charge in [-0.2, -0.15) is 0 Å². The maximum atomic E-state index is 12.8. The van der Waals surface area contributed by atoms with Gasteiger partial charge in [0.05, 0.1) is 0 Å². The van der Waals surface area contributed by atoms with Gasteiger partial charge in [-0.3, -0.25) is 14.4 Å². The highest BCUT2D eigenvalue weighted by molar-refractivity contribution is 5.71. The Morgan fingerprint density at radius 2 is 0.582 bits per heavy atom. The van der Waals surface area contributed by atoms with Gasteiger partial charge in [0.15, 0.2) is 6.10 Å². The van der Waals surface area contributed by atoms with E-state index in [4.69, 9.17) is 14.2 Å². The van der Waals surface area contributed by atoms with E-state index in [-0.39, 0.29) is 31.1 Å². The van der Waals surface area contributed by atoms with Crippen LogP contribution in [0.5, 0.6) is 0 Å². The Morgan fingerprint density at radius 3 is 0.925 bits per heavy atom. The highest BCUT2D eigenvalue weighted by Gasteiger charge is 2.19. The standard InChI is InChI=1S/C61H104O6/c1-4-7-10-13-15-17-19-21-23-25-26-27-28-29-30-31-32-33-34-36-37-39-41-43-45-48-51-54-60(63)66-57-58(56-65-59(62)53-50-47-12-9-6-3)67-61(64)55-52-49-46-44-42-40-38-35-24-22-20-18-16-14-11-8-5-2/h7,10,15,17,21-24,26-27,29-30,32-33,58H,4-6,8-9,11-14,16,18-20,25,28,31,34-57H2,1-3H3/b10-7-,17-15-,23-21-,24-22-,27-26-,30-29-,33-32-. The minimum atomic E-state index is -0.778. The van der Waals surface area contributed by atoms with E-state index in [1.165, 1.54) is 116 Å². The molecule has 0 saturated carbocycles. The first kappa shape index (κ1) is 63.6. The quantitative estimate of drug-likeness (QED) is 0.0262. The summed E-state index contributed by atoms with van der Waals surface area (Å²) in [7, 11) is 0. The van der Waals surface area contributed by atoms with E-state index < -0.39 is 6.10 Å². The normalized spacial score (nSPS) is 12.7. The molecule has 0 aromatic carbocycles. The maximum Gasteiger partial charge on any atom is 0.306 e. The van der Waals surface area contributed by atoms with Crippen molar-refractivity contribution in [2.75, 3.05) is 13.2 Å². The molecule has 0 aromatic heterocycles. The van der Waals surface area contributed by atoms with Crippen LogP contribution >= 0.6 is 0 Å². The molecule has 67 heavy (non-hydrogen) atoms. The van der Waals surface area contributed by atoms with Crippen LogP contribution in [-0.2, 0) is 28.6 Å². The first-order chi connectivity index (χ1) is 33.0. The summed E-state index contributed by atoms with van der Waals surface area (Å²) < 4.78 is 16.7. The Morgan fingerprint density at radius 1 is 0.313 bits per heavy atom. The number of ether oxygens (including phenoxy) is 3. The molecule has 0 spiro atoms. The summed E-state index contributed by atoms with van der Waals surface area (Å²) in [6.07, 6.45) is 71.8. The van der Waals surface area contributed by atoms with Gasteiger partial charge < -0.3 is 14.2 Å². The number of esters is 3. The predicted octanol–water partition coefficient (Wildman–Crippen LogP) is 18.8.